The van der Waals surface area contributed by atoms with Crippen molar-refractivity contribution in [3.8, 4) is 0 Å². The Labute approximate surface area is 166 Å². The van der Waals surface area contributed by atoms with Crippen molar-refractivity contribution < 1.29 is 4.79 Å². The van der Waals surface area contributed by atoms with Gasteiger partial charge in [-0.3, -0.25) is 0 Å². The number of rotatable bonds is 6. The molecule has 6 nitrogen and oxygen atoms in total. The lowest BCUT2D eigenvalue weighted by Gasteiger charge is -2.33. The molecule has 1 saturated heterocycles. The van der Waals surface area contributed by atoms with Gasteiger partial charge in [0.1, 0.15) is 5.82 Å². The first-order valence-corrected chi connectivity index (χ1v) is 10.2. The molecule has 1 atom stereocenters. The standard InChI is InChI=1S/C22H29N5O/c1-26-11-13-27(14-12-26)20-10-7-17(15-23-20)16-24-22(28)25-21(19-8-9-19)18-5-3-2-4-6-18/h2-7,10,15,19,21H,8-9,11-14,16H2,1H3,(H2,24,25,28)/t21-/m1/s1. The van der Waals surface area contributed by atoms with Crippen LogP contribution in [-0.2, 0) is 6.54 Å². The number of nitrogens with one attached hydrogen (secondary N) is 2. The van der Waals surface area contributed by atoms with Crippen molar-refractivity contribution in [3.63, 3.8) is 0 Å². The molecule has 1 aliphatic carbocycles. The molecule has 1 aromatic carbocycles. The third kappa shape index (κ3) is 4.81. The molecule has 2 N–H and O–H groups in total. The van der Waals surface area contributed by atoms with Crippen LogP contribution in [0, 0.1) is 5.92 Å². The number of urea groups is 1. The maximum absolute atomic E-state index is 12.4. The zero-order valence-corrected chi connectivity index (χ0v) is 16.5. The Morgan fingerprint density at radius 2 is 1.86 bits per heavy atom. The summed E-state index contributed by atoms with van der Waals surface area (Å²) in [5.74, 6) is 1.57. The van der Waals surface area contributed by atoms with Crippen molar-refractivity contribution in [1.29, 1.82) is 0 Å². The van der Waals surface area contributed by atoms with Gasteiger partial charge < -0.3 is 20.4 Å². The van der Waals surface area contributed by atoms with Gasteiger partial charge in [-0.1, -0.05) is 36.4 Å². The number of carbonyl (C=O) groups excluding carboxylic acids is 1. The SMILES string of the molecule is CN1CCN(c2ccc(CNC(=O)N[C@H](c3ccccc3)C3CC3)cn2)CC1. The molecule has 0 bridgehead atoms. The number of carbonyl (C=O) groups is 1. The maximum atomic E-state index is 12.4. The molecule has 148 valence electrons. The number of pyridine rings is 1. The lowest BCUT2D eigenvalue weighted by Crippen LogP contribution is -2.44. The van der Waals surface area contributed by atoms with Crippen molar-refractivity contribution in [1.82, 2.24) is 20.5 Å². The summed E-state index contributed by atoms with van der Waals surface area (Å²) in [6.07, 6.45) is 4.22. The molecule has 1 saturated carbocycles. The van der Waals surface area contributed by atoms with Crippen LogP contribution in [0.15, 0.2) is 48.7 Å². The van der Waals surface area contributed by atoms with Crippen LogP contribution in [0.1, 0.15) is 30.0 Å². The first kappa shape index (κ1) is 18.7. The summed E-state index contributed by atoms with van der Waals surface area (Å²) in [7, 11) is 2.15. The Balaban J connectivity index is 1.28. The highest BCUT2D eigenvalue weighted by atomic mass is 16.2. The van der Waals surface area contributed by atoms with Gasteiger partial charge in [-0.2, -0.15) is 0 Å². The van der Waals surface area contributed by atoms with E-state index < -0.39 is 0 Å². The molecule has 1 aromatic heterocycles. The van der Waals surface area contributed by atoms with Gasteiger partial charge in [0.15, 0.2) is 0 Å². The summed E-state index contributed by atoms with van der Waals surface area (Å²) < 4.78 is 0. The Hall–Kier alpha value is -2.60. The summed E-state index contributed by atoms with van der Waals surface area (Å²) in [4.78, 5) is 21.7. The Kier molecular flexibility index (Phi) is 5.76. The largest absolute Gasteiger partial charge is 0.354 e. The van der Waals surface area contributed by atoms with Crippen molar-refractivity contribution in [2.75, 3.05) is 38.1 Å². The van der Waals surface area contributed by atoms with E-state index in [2.05, 4.69) is 56.7 Å². The summed E-state index contributed by atoms with van der Waals surface area (Å²) in [6.45, 7) is 4.62. The number of hydrogen-bond acceptors (Lipinski definition) is 4. The second kappa shape index (κ2) is 8.61. The van der Waals surface area contributed by atoms with Crippen molar-refractivity contribution in [2.24, 2.45) is 5.92 Å². The van der Waals surface area contributed by atoms with E-state index in [1.165, 1.54) is 18.4 Å². The van der Waals surface area contributed by atoms with E-state index in [-0.39, 0.29) is 12.1 Å². The van der Waals surface area contributed by atoms with E-state index in [9.17, 15) is 4.79 Å². The van der Waals surface area contributed by atoms with Gasteiger partial charge >= 0.3 is 6.03 Å². The van der Waals surface area contributed by atoms with E-state index >= 15 is 0 Å². The first-order valence-electron chi connectivity index (χ1n) is 10.2. The molecule has 2 aromatic rings. The fourth-order valence-corrected chi connectivity index (χ4v) is 3.68. The Morgan fingerprint density at radius 1 is 1.11 bits per heavy atom. The molecule has 1 aliphatic heterocycles. The van der Waals surface area contributed by atoms with Crippen LogP contribution < -0.4 is 15.5 Å². The van der Waals surface area contributed by atoms with Crippen molar-refractivity contribution in [2.45, 2.75) is 25.4 Å². The van der Waals surface area contributed by atoms with E-state index in [1.807, 2.05) is 24.4 Å². The van der Waals surface area contributed by atoms with Gasteiger partial charge in [-0.25, -0.2) is 9.78 Å². The molecule has 6 heteroatoms. The number of likely N-dealkylation sites (N-methyl/N-ethyl adjacent to an activating group) is 1. The number of anilines is 1. The molecule has 2 heterocycles. The smallest absolute Gasteiger partial charge is 0.315 e. The van der Waals surface area contributed by atoms with Crippen LogP contribution in [-0.4, -0.2) is 49.1 Å². The number of hydrogen-bond donors (Lipinski definition) is 2. The number of amides is 2. The fraction of sp³-hybridized carbons (Fsp3) is 0.455. The summed E-state index contributed by atoms with van der Waals surface area (Å²) >= 11 is 0. The molecule has 0 unspecified atom stereocenters. The molecule has 2 fully saturated rings. The van der Waals surface area contributed by atoms with Gasteiger partial charge in [0.05, 0.1) is 6.04 Å². The van der Waals surface area contributed by atoms with Gasteiger partial charge in [0.2, 0.25) is 0 Å². The molecule has 28 heavy (non-hydrogen) atoms. The molecule has 0 radical (unpaired) electrons. The van der Waals surface area contributed by atoms with E-state index in [4.69, 9.17) is 0 Å². The molecule has 0 spiro atoms. The van der Waals surface area contributed by atoms with E-state index in [0.29, 0.717) is 12.5 Å². The van der Waals surface area contributed by atoms with Crippen LogP contribution in [0.25, 0.3) is 0 Å². The second-order valence-corrected chi connectivity index (χ2v) is 7.87. The van der Waals surface area contributed by atoms with E-state index in [0.717, 1.165) is 37.6 Å². The molecular weight excluding hydrogens is 350 g/mol. The van der Waals surface area contributed by atoms with Crippen LogP contribution in [0.2, 0.25) is 0 Å². The average molecular weight is 380 g/mol. The molecular formula is C22H29N5O. The zero-order valence-electron chi connectivity index (χ0n) is 16.5. The van der Waals surface area contributed by atoms with Gasteiger partial charge in [-0.15, -0.1) is 0 Å². The number of piperazine rings is 1. The predicted octanol–water partition coefficient (Wildman–Crippen LogP) is 2.78. The minimum absolute atomic E-state index is 0.0962. The minimum Gasteiger partial charge on any atom is -0.354 e. The predicted molar refractivity (Wildman–Crippen MR) is 111 cm³/mol. The topological polar surface area (TPSA) is 60.5 Å². The zero-order chi connectivity index (χ0) is 19.3. The van der Waals surface area contributed by atoms with Crippen molar-refractivity contribution in [3.05, 3.63) is 59.8 Å². The monoisotopic (exact) mass is 379 g/mol. The second-order valence-electron chi connectivity index (χ2n) is 7.87. The van der Waals surface area contributed by atoms with Gasteiger partial charge in [0.25, 0.3) is 0 Å². The maximum Gasteiger partial charge on any atom is 0.315 e. The third-order valence-corrected chi connectivity index (χ3v) is 5.63. The first-order chi connectivity index (χ1) is 13.7. The highest BCUT2D eigenvalue weighted by Crippen LogP contribution is 2.40. The number of benzene rings is 1. The highest BCUT2D eigenvalue weighted by molar-refractivity contribution is 5.74. The summed E-state index contributed by atoms with van der Waals surface area (Å²) in [5.41, 5.74) is 2.19. The number of nitrogens with zero attached hydrogens (tertiary/aromatic N) is 3. The fourth-order valence-electron chi connectivity index (χ4n) is 3.68. The minimum atomic E-state index is -0.121. The van der Waals surface area contributed by atoms with Crippen molar-refractivity contribution >= 4 is 11.8 Å². The van der Waals surface area contributed by atoms with Crippen LogP contribution in [0.4, 0.5) is 10.6 Å². The highest BCUT2D eigenvalue weighted by Gasteiger charge is 2.33. The quantitative estimate of drug-likeness (QED) is 0.810. The Morgan fingerprint density at radius 3 is 2.50 bits per heavy atom. The Bertz CT molecular complexity index is 767. The van der Waals surface area contributed by atoms with Crippen LogP contribution in [0.5, 0.6) is 0 Å². The third-order valence-electron chi connectivity index (χ3n) is 5.63. The molecule has 2 aliphatic rings. The van der Waals surface area contributed by atoms with E-state index in [1.54, 1.807) is 0 Å². The van der Waals surface area contributed by atoms with Crippen LogP contribution in [0.3, 0.4) is 0 Å². The number of aromatic nitrogens is 1. The van der Waals surface area contributed by atoms with Gasteiger partial charge in [-0.05, 0) is 43.0 Å². The summed E-state index contributed by atoms with van der Waals surface area (Å²) in [6, 6.07) is 14.3. The lowest BCUT2D eigenvalue weighted by molar-refractivity contribution is 0.235. The average Bonchev–Trinajstić information content (AvgIpc) is 3.57. The van der Waals surface area contributed by atoms with Crippen LogP contribution >= 0.6 is 0 Å². The molecule has 2 amide bonds. The van der Waals surface area contributed by atoms with Gasteiger partial charge in [0, 0.05) is 38.9 Å². The normalized spacial score (nSPS) is 18.5. The molecule has 4 rings (SSSR count). The summed E-state index contributed by atoms with van der Waals surface area (Å²) in [5, 5.41) is 6.13. The lowest BCUT2D eigenvalue weighted by atomic mass is 10.0.